The Hall–Kier alpha value is -0.610. The molecule has 0 saturated carbocycles. The zero-order chi connectivity index (χ0) is 12.4. The zero-order valence-electron chi connectivity index (χ0n) is 10.8. The lowest BCUT2D eigenvalue weighted by molar-refractivity contribution is -0.122. The molecular formula is C12H26N2O2. The Labute approximate surface area is 98.9 Å². The summed E-state index contributed by atoms with van der Waals surface area (Å²) in [6.45, 7) is 5.45. The van der Waals surface area contributed by atoms with Gasteiger partial charge in [-0.15, -0.1) is 0 Å². The summed E-state index contributed by atoms with van der Waals surface area (Å²) in [4.78, 5) is 11.6. The van der Waals surface area contributed by atoms with Crippen LogP contribution in [0.3, 0.4) is 0 Å². The number of unbranched alkanes of at least 4 members (excludes halogenated alkanes) is 2. The number of carbonyl (C=O) groups excluding carboxylic acids is 1. The molecule has 0 fully saturated rings. The molecule has 4 heteroatoms. The molecule has 4 nitrogen and oxygen atoms in total. The van der Waals surface area contributed by atoms with E-state index in [1.54, 1.807) is 7.11 Å². The number of ether oxygens (including phenoxy) is 1. The molecule has 0 aliphatic carbocycles. The van der Waals surface area contributed by atoms with Crippen LogP contribution >= 0.6 is 0 Å². The van der Waals surface area contributed by atoms with Crippen LogP contribution in [-0.4, -0.2) is 32.2 Å². The van der Waals surface area contributed by atoms with E-state index in [0.717, 1.165) is 19.3 Å². The summed E-state index contributed by atoms with van der Waals surface area (Å²) < 4.78 is 5.08. The van der Waals surface area contributed by atoms with Crippen LogP contribution in [0, 0.1) is 5.92 Å². The first-order chi connectivity index (χ1) is 7.61. The van der Waals surface area contributed by atoms with Gasteiger partial charge >= 0.3 is 0 Å². The van der Waals surface area contributed by atoms with Crippen molar-refractivity contribution in [1.29, 1.82) is 0 Å². The fourth-order valence-corrected chi connectivity index (χ4v) is 1.47. The van der Waals surface area contributed by atoms with E-state index >= 15 is 0 Å². The van der Waals surface area contributed by atoms with Crippen molar-refractivity contribution in [2.24, 2.45) is 11.7 Å². The van der Waals surface area contributed by atoms with E-state index in [2.05, 4.69) is 19.2 Å². The highest BCUT2D eigenvalue weighted by Gasteiger charge is 2.15. The molecule has 0 aromatic rings. The normalized spacial score (nSPS) is 12.8. The number of nitrogens with one attached hydrogen (secondary N) is 1. The summed E-state index contributed by atoms with van der Waals surface area (Å²) in [6, 6.07) is 0.118. The van der Waals surface area contributed by atoms with Gasteiger partial charge in [0.1, 0.15) is 0 Å². The smallest absolute Gasteiger partial charge is 0.220 e. The summed E-state index contributed by atoms with van der Waals surface area (Å²) in [5.41, 5.74) is 5.39. The van der Waals surface area contributed by atoms with Crippen LogP contribution in [0.15, 0.2) is 0 Å². The Morgan fingerprint density at radius 3 is 2.50 bits per heavy atom. The van der Waals surface area contributed by atoms with E-state index in [9.17, 15) is 4.79 Å². The summed E-state index contributed by atoms with van der Waals surface area (Å²) >= 11 is 0. The van der Waals surface area contributed by atoms with Gasteiger partial charge < -0.3 is 15.8 Å². The van der Waals surface area contributed by atoms with E-state index in [1.807, 2.05) is 0 Å². The monoisotopic (exact) mass is 230 g/mol. The maximum atomic E-state index is 11.6. The second kappa shape index (κ2) is 9.60. The van der Waals surface area contributed by atoms with Crippen LogP contribution in [0.5, 0.6) is 0 Å². The van der Waals surface area contributed by atoms with Crippen LogP contribution in [0.25, 0.3) is 0 Å². The minimum Gasteiger partial charge on any atom is -0.383 e. The molecule has 0 spiro atoms. The average molecular weight is 230 g/mol. The van der Waals surface area contributed by atoms with Crippen LogP contribution in [0.4, 0.5) is 0 Å². The predicted molar refractivity (Wildman–Crippen MR) is 66.2 cm³/mol. The molecule has 0 rings (SSSR count). The quantitative estimate of drug-likeness (QED) is 0.587. The molecule has 96 valence electrons. The van der Waals surface area contributed by atoms with E-state index in [-0.39, 0.29) is 11.9 Å². The summed E-state index contributed by atoms with van der Waals surface area (Å²) in [5, 5.41) is 3.00. The highest BCUT2D eigenvalue weighted by atomic mass is 16.5. The molecule has 16 heavy (non-hydrogen) atoms. The van der Waals surface area contributed by atoms with Gasteiger partial charge in [0.25, 0.3) is 0 Å². The van der Waals surface area contributed by atoms with Crippen molar-refractivity contribution in [3.05, 3.63) is 0 Å². The topological polar surface area (TPSA) is 64.3 Å². The van der Waals surface area contributed by atoms with E-state index in [4.69, 9.17) is 10.5 Å². The molecule has 1 amide bonds. The number of hydrogen-bond donors (Lipinski definition) is 2. The average Bonchev–Trinajstić information content (AvgIpc) is 2.23. The van der Waals surface area contributed by atoms with Crippen LogP contribution in [0.2, 0.25) is 0 Å². The lowest BCUT2D eigenvalue weighted by atomic mass is 10.0. The standard InChI is InChI=1S/C12H26N2O2/c1-10(2)11(9-16-3)14-12(15)7-5-4-6-8-13/h10-11H,4-9,13H2,1-3H3,(H,14,15). The first-order valence-electron chi connectivity index (χ1n) is 6.10. The van der Waals surface area contributed by atoms with Crippen LogP contribution < -0.4 is 11.1 Å². The molecule has 3 N–H and O–H groups in total. The second-order valence-corrected chi connectivity index (χ2v) is 4.47. The van der Waals surface area contributed by atoms with Crippen molar-refractivity contribution in [1.82, 2.24) is 5.32 Å². The van der Waals surface area contributed by atoms with Gasteiger partial charge in [0.15, 0.2) is 0 Å². The van der Waals surface area contributed by atoms with E-state index in [1.165, 1.54) is 0 Å². The minimum absolute atomic E-state index is 0.118. The largest absolute Gasteiger partial charge is 0.383 e. The molecule has 0 heterocycles. The number of methoxy groups -OCH3 is 1. The minimum atomic E-state index is 0.118. The molecule has 0 aromatic heterocycles. The third-order valence-electron chi connectivity index (χ3n) is 2.61. The van der Waals surface area contributed by atoms with Gasteiger partial charge in [-0.2, -0.15) is 0 Å². The summed E-state index contributed by atoms with van der Waals surface area (Å²) in [7, 11) is 1.66. The fourth-order valence-electron chi connectivity index (χ4n) is 1.47. The zero-order valence-corrected chi connectivity index (χ0v) is 10.8. The van der Waals surface area contributed by atoms with Gasteiger partial charge in [-0.3, -0.25) is 4.79 Å². The van der Waals surface area contributed by atoms with Crippen molar-refractivity contribution in [3.8, 4) is 0 Å². The van der Waals surface area contributed by atoms with Crippen LogP contribution in [0.1, 0.15) is 39.5 Å². The molecule has 0 aliphatic rings. The van der Waals surface area contributed by atoms with Gasteiger partial charge in [-0.25, -0.2) is 0 Å². The van der Waals surface area contributed by atoms with Crippen molar-refractivity contribution in [2.45, 2.75) is 45.6 Å². The number of hydrogen-bond acceptors (Lipinski definition) is 3. The molecule has 0 saturated heterocycles. The first kappa shape index (κ1) is 15.4. The molecule has 0 aliphatic heterocycles. The van der Waals surface area contributed by atoms with Crippen LogP contribution in [-0.2, 0) is 9.53 Å². The number of carbonyl (C=O) groups is 1. The SMILES string of the molecule is COCC(NC(=O)CCCCCN)C(C)C. The first-order valence-corrected chi connectivity index (χ1v) is 6.10. The maximum absolute atomic E-state index is 11.6. The molecule has 1 unspecified atom stereocenters. The van der Waals surface area contributed by atoms with E-state index < -0.39 is 0 Å². The lowest BCUT2D eigenvalue weighted by Gasteiger charge is -2.21. The number of nitrogens with two attached hydrogens (primary N) is 1. The Morgan fingerprint density at radius 1 is 1.31 bits per heavy atom. The van der Waals surface area contributed by atoms with Gasteiger partial charge in [0.05, 0.1) is 12.6 Å². The van der Waals surface area contributed by atoms with Gasteiger partial charge in [-0.05, 0) is 25.3 Å². The number of rotatable bonds is 9. The van der Waals surface area contributed by atoms with Gasteiger partial charge in [0.2, 0.25) is 5.91 Å². The Bertz CT molecular complexity index is 184. The third-order valence-corrected chi connectivity index (χ3v) is 2.61. The lowest BCUT2D eigenvalue weighted by Crippen LogP contribution is -2.41. The summed E-state index contributed by atoms with van der Waals surface area (Å²) in [5.74, 6) is 0.515. The second-order valence-electron chi connectivity index (χ2n) is 4.47. The predicted octanol–water partition coefficient (Wildman–Crippen LogP) is 1.29. The third kappa shape index (κ3) is 7.65. The van der Waals surface area contributed by atoms with E-state index in [0.29, 0.717) is 25.5 Å². The van der Waals surface area contributed by atoms with Crippen molar-refractivity contribution < 1.29 is 9.53 Å². The highest BCUT2D eigenvalue weighted by Crippen LogP contribution is 2.04. The molecule has 0 bridgehead atoms. The highest BCUT2D eigenvalue weighted by molar-refractivity contribution is 5.76. The Morgan fingerprint density at radius 2 is 2.00 bits per heavy atom. The Balaban J connectivity index is 3.73. The van der Waals surface area contributed by atoms with Gasteiger partial charge in [-0.1, -0.05) is 20.3 Å². The molecule has 1 atom stereocenters. The maximum Gasteiger partial charge on any atom is 0.220 e. The molecule has 0 aromatic carbocycles. The van der Waals surface area contributed by atoms with Gasteiger partial charge in [0, 0.05) is 13.5 Å². The number of amides is 1. The van der Waals surface area contributed by atoms with Crippen molar-refractivity contribution in [2.75, 3.05) is 20.3 Å². The van der Waals surface area contributed by atoms with Crippen molar-refractivity contribution >= 4 is 5.91 Å². The van der Waals surface area contributed by atoms with Crippen molar-refractivity contribution in [3.63, 3.8) is 0 Å². The fraction of sp³-hybridized carbons (Fsp3) is 0.917. The molecule has 0 radical (unpaired) electrons. The molecular weight excluding hydrogens is 204 g/mol. The summed E-state index contributed by atoms with van der Waals surface area (Å²) in [6.07, 6.45) is 3.53. The Kier molecular flexibility index (Phi) is 9.24.